The van der Waals surface area contributed by atoms with Crippen molar-refractivity contribution in [3.05, 3.63) is 52.6 Å². The lowest BCUT2D eigenvalue weighted by molar-refractivity contribution is -0.117. The fourth-order valence-electron chi connectivity index (χ4n) is 4.16. The molecule has 0 saturated heterocycles. The van der Waals surface area contributed by atoms with Gasteiger partial charge in [-0.3, -0.25) is 14.4 Å². The summed E-state index contributed by atoms with van der Waals surface area (Å²) in [6.45, 7) is 2.23. The van der Waals surface area contributed by atoms with E-state index in [1.807, 2.05) is 0 Å². The van der Waals surface area contributed by atoms with Crippen molar-refractivity contribution in [2.45, 2.75) is 44.7 Å². The van der Waals surface area contributed by atoms with Crippen LogP contribution in [0.4, 0.5) is 10.1 Å². The molecular weight excluding hydrogens is 433 g/mol. The first-order chi connectivity index (χ1) is 15.3. The summed E-state index contributed by atoms with van der Waals surface area (Å²) >= 11 is 4.33. The van der Waals surface area contributed by atoms with E-state index < -0.39 is 29.0 Å². The Morgan fingerprint density at radius 1 is 1.19 bits per heavy atom. The van der Waals surface area contributed by atoms with E-state index in [-0.39, 0.29) is 5.69 Å². The number of thiol groups is 1. The highest BCUT2D eigenvalue weighted by Gasteiger charge is 2.49. The molecule has 0 radical (unpaired) electrons. The lowest BCUT2D eigenvalue weighted by Gasteiger charge is -2.16. The maximum atomic E-state index is 13.2. The SMILES string of the molecule is CN/N=C(\S)C1(NC(=O)C(=O)c2c(C)c(C(=O)Nc3ccc(F)cc3)c3n2CCC3)CC1. The van der Waals surface area contributed by atoms with Crippen LogP contribution in [0.3, 0.4) is 0 Å². The Labute approximate surface area is 190 Å². The number of anilines is 1. The Bertz CT molecular complexity index is 1140. The zero-order valence-corrected chi connectivity index (χ0v) is 18.7. The highest BCUT2D eigenvalue weighted by Crippen LogP contribution is 2.38. The molecule has 0 bridgehead atoms. The molecule has 10 heteroatoms. The zero-order valence-electron chi connectivity index (χ0n) is 17.8. The number of halogens is 1. The summed E-state index contributed by atoms with van der Waals surface area (Å²) in [6.07, 6.45) is 2.69. The van der Waals surface area contributed by atoms with Crippen molar-refractivity contribution < 1.29 is 18.8 Å². The summed E-state index contributed by atoms with van der Waals surface area (Å²) < 4.78 is 14.9. The molecule has 1 aromatic heterocycles. The van der Waals surface area contributed by atoms with Crippen molar-refractivity contribution >= 4 is 41.0 Å². The number of rotatable bonds is 7. The van der Waals surface area contributed by atoms with Gasteiger partial charge in [0.05, 0.1) is 16.8 Å². The van der Waals surface area contributed by atoms with Crippen LogP contribution in [0.2, 0.25) is 0 Å². The third kappa shape index (κ3) is 3.90. The average molecular weight is 458 g/mol. The van der Waals surface area contributed by atoms with Crippen LogP contribution in [-0.2, 0) is 17.8 Å². The van der Waals surface area contributed by atoms with Crippen molar-refractivity contribution in [2.75, 3.05) is 12.4 Å². The molecule has 1 aromatic carbocycles. The minimum absolute atomic E-state index is 0.223. The van der Waals surface area contributed by atoms with Crippen LogP contribution in [0.25, 0.3) is 0 Å². The number of nitrogens with zero attached hydrogens (tertiary/aromatic N) is 2. The van der Waals surface area contributed by atoms with Gasteiger partial charge in [0.15, 0.2) is 0 Å². The van der Waals surface area contributed by atoms with Crippen LogP contribution in [0.5, 0.6) is 0 Å². The Hall–Kier alpha value is -3.14. The molecule has 1 aliphatic carbocycles. The molecule has 8 nitrogen and oxygen atoms in total. The van der Waals surface area contributed by atoms with Gasteiger partial charge in [0, 0.05) is 25.0 Å². The lowest BCUT2D eigenvalue weighted by atomic mass is 10.0. The molecule has 0 atom stereocenters. The number of carbonyl (C=O) groups is 3. The van der Waals surface area contributed by atoms with Crippen LogP contribution in [-0.4, -0.2) is 39.8 Å². The van der Waals surface area contributed by atoms with Gasteiger partial charge in [-0.1, -0.05) is 0 Å². The minimum Gasteiger partial charge on any atom is -0.341 e. The average Bonchev–Trinajstić information content (AvgIpc) is 3.30. The Kier molecular flexibility index (Phi) is 5.81. The Balaban J connectivity index is 1.61. The largest absolute Gasteiger partial charge is 0.341 e. The minimum atomic E-state index is -0.749. The predicted octanol–water partition coefficient (Wildman–Crippen LogP) is 2.43. The molecule has 0 spiro atoms. The van der Waals surface area contributed by atoms with Crippen molar-refractivity contribution in [3.8, 4) is 0 Å². The van der Waals surface area contributed by atoms with Crippen molar-refractivity contribution in [1.82, 2.24) is 15.3 Å². The predicted molar refractivity (Wildman–Crippen MR) is 122 cm³/mol. The highest BCUT2D eigenvalue weighted by atomic mass is 32.1. The number of benzene rings is 1. The second-order valence-corrected chi connectivity index (χ2v) is 8.46. The second-order valence-electron chi connectivity index (χ2n) is 8.04. The number of hydrogen-bond donors (Lipinski definition) is 4. The van der Waals surface area contributed by atoms with Crippen LogP contribution in [0.15, 0.2) is 29.4 Å². The number of nitrogens with one attached hydrogen (secondary N) is 3. The van der Waals surface area contributed by atoms with E-state index in [9.17, 15) is 18.8 Å². The maximum absolute atomic E-state index is 13.2. The van der Waals surface area contributed by atoms with E-state index in [1.165, 1.54) is 24.3 Å². The first kappa shape index (κ1) is 22.1. The summed E-state index contributed by atoms with van der Waals surface area (Å²) in [6, 6.07) is 5.45. The fourth-order valence-corrected chi connectivity index (χ4v) is 4.54. The topological polar surface area (TPSA) is 105 Å². The highest BCUT2D eigenvalue weighted by molar-refractivity contribution is 7.97. The van der Waals surface area contributed by atoms with Gasteiger partial charge in [-0.05, 0) is 62.4 Å². The van der Waals surface area contributed by atoms with E-state index >= 15 is 0 Å². The number of aromatic nitrogens is 1. The third-order valence-electron chi connectivity index (χ3n) is 5.91. The van der Waals surface area contributed by atoms with Crippen molar-refractivity contribution in [3.63, 3.8) is 0 Å². The van der Waals surface area contributed by atoms with Crippen molar-refractivity contribution in [2.24, 2.45) is 5.10 Å². The summed E-state index contributed by atoms with van der Waals surface area (Å²) in [7, 11) is 1.63. The first-order valence-corrected chi connectivity index (χ1v) is 10.8. The number of fused-ring (bicyclic) bond motifs is 1. The number of hydrogen-bond acceptors (Lipinski definition) is 5. The summed E-state index contributed by atoms with van der Waals surface area (Å²) in [5, 5.41) is 9.95. The van der Waals surface area contributed by atoms with Gasteiger partial charge in [-0.2, -0.15) is 5.10 Å². The first-order valence-electron chi connectivity index (χ1n) is 10.4. The lowest BCUT2D eigenvalue weighted by Crippen LogP contribution is -2.45. The molecule has 32 heavy (non-hydrogen) atoms. The second kappa shape index (κ2) is 8.42. The van der Waals surface area contributed by atoms with E-state index in [1.54, 1.807) is 18.5 Å². The van der Waals surface area contributed by atoms with E-state index in [4.69, 9.17) is 0 Å². The van der Waals surface area contributed by atoms with Gasteiger partial charge in [-0.25, -0.2) is 4.39 Å². The van der Waals surface area contributed by atoms with Crippen LogP contribution >= 0.6 is 12.6 Å². The smallest absolute Gasteiger partial charge is 0.294 e. The molecule has 2 aliphatic rings. The van der Waals surface area contributed by atoms with E-state index in [0.717, 1.165) is 12.1 Å². The number of hydrazone groups is 1. The molecule has 3 N–H and O–H groups in total. The van der Waals surface area contributed by atoms with Crippen LogP contribution < -0.4 is 16.1 Å². The molecule has 2 heterocycles. The van der Waals surface area contributed by atoms with Gasteiger partial charge in [0.1, 0.15) is 10.9 Å². The van der Waals surface area contributed by atoms with Gasteiger partial charge >= 0.3 is 0 Å². The number of ketones is 1. The number of carbonyl (C=O) groups excluding carboxylic acids is 3. The monoisotopic (exact) mass is 457 g/mol. The van der Waals surface area contributed by atoms with E-state index in [0.29, 0.717) is 47.7 Å². The molecule has 1 saturated carbocycles. The third-order valence-corrected chi connectivity index (χ3v) is 6.44. The Morgan fingerprint density at radius 2 is 1.88 bits per heavy atom. The van der Waals surface area contributed by atoms with E-state index in [2.05, 4.69) is 33.8 Å². The normalized spacial score (nSPS) is 16.3. The number of amides is 2. The van der Waals surface area contributed by atoms with Gasteiger partial charge in [0.2, 0.25) is 0 Å². The summed E-state index contributed by atoms with van der Waals surface area (Å²) in [5.74, 6) is -2.23. The molecular formula is C22H24FN5O3S. The van der Waals surface area contributed by atoms with Gasteiger partial charge in [-0.15, -0.1) is 12.6 Å². The van der Waals surface area contributed by atoms with Crippen molar-refractivity contribution in [1.29, 1.82) is 0 Å². The number of Topliss-reactive ketones (excluding diaryl/α,β-unsaturated/α-hetero) is 1. The summed E-state index contributed by atoms with van der Waals surface area (Å²) in [5.41, 5.74) is 4.15. The molecule has 1 aliphatic heterocycles. The van der Waals surface area contributed by atoms with Gasteiger partial charge in [0.25, 0.3) is 17.6 Å². The molecule has 4 rings (SSSR count). The molecule has 168 valence electrons. The quantitative estimate of drug-likeness (QED) is 0.128. The fraction of sp³-hybridized carbons (Fsp3) is 0.364. The Morgan fingerprint density at radius 3 is 2.50 bits per heavy atom. The van der Waals surface area contributed by atoms with Crippen LogP contribution in [0, 0.1) is 12.7 Å². The van der Waals surface area contributed by atoms with Gasteiger partial charge < -0.3 is 20.6 Å². The standard InChI is InChI=1S/C22H24FN5O3S/c1-12-16(19(30)25-14-7-5-13(23)6-8-14)15-4-3-11-28(15)17(12)18(29)20(31)26-22(9-10-22)21(32)27-24-2/h5-8,24H,3-4,9-11H2,1-2H3,(H,25,30)(H,26,31)(H,27,32). The maximum Gasteiger partial charge on any atom is 0.294 e. The molecule has 2 amide bonds. The molecule has 1 fully saturated rings. The van der Waals surface area contributed by atoms with Crippen LogP contribution in [0.1, 0.15) is 51.4 Å². The summed E-state index contributed by atoms with van der Waals surface area (Å²) in [4.78, 5) is 39.0. The zero-order chi connectivity index (χ0) is 23.0. The molecule has 0 unspecified atom stereocenters. The molecule has 2 aromatic rings.